The van der Waals surface area contributed by atoms with Crippen molar-refractivity contribution in [1.29, 1.82) is 0 Å². The van der Waals surface area contributed by atoms with Gasteiger partial charge in [-0.3, -0.25) is 4.79 Å². The van der Waals surface area contributed by atoms with E-state index in [1.807, 2.05) is 24.0 Å². The smallest absolute Gasteiger partial charge is 0.222 e. The largest absolute Gasteiger partial charge is 0.398 e. The van der Waals surface area contributed by atoms with Crippen molar-refractivity contribution in [2.75, 3.05) is 37.8 Å². The average Bonchev–Trinajstić information content (AvgIpc) is 2.48. The predicted octanol–water partition coefficient (Wildman–Crippen LogP) is 2.31. The Balaban J connectivity index is 1.70. The zero-order valence-corrected chi connectivity index (χ0v) is 12.7. The Bertz CT molecular complexity index is 459. The lowest BCUT2D eigenvalue weighted by atomic mass is 10.2. The van der Waals surface area contributed by atoms with E-state index in [0.717, 1.165) is 36.5 Å². The quantitative estimate of drug-likeness (QED) is 0.514. The van der Waals surface area contributed by atoms with Crippen molar-refractivity contribution in [1.82, 2.24) is 4.90 Å². The molecule has 0 spiro atoms. The van der Waals surface area contributed by atoms with Gasteiger partial charge in [0.1, 0.15) is 0 Å². The molecule has 2 rings (SSSR count). The summed E-state index contributed by atoms with van der Waals surface area (Å²) in [7, 11) is 0. The maximum Gasteiger partial charge on any atom is 0.222 e. The number of nitrogens with two attached hydrogens (primary N) is 1. The van der Waals surface area contributed by atoms with Gasteiger partial charge in [-0.05, 0) is 36.8 Å². The molecule has 2 N–H and O–H groups in total. The first kappa shape index (κ1) is 15.2. The lowest BCUT2D eigenvalue weighted by Gasteiger charge is -2.26. The number of benzene rings is 1. The molecule has 1 fully saturated rings. The van der Waals surface area contributed by atoms with E-state index in [9.17, 15) is 4.79 Å². The first-order chi connectivity index (χ1) is 9.68. The monoisotopic (exact) mass is 294 g/mol. The molecule has 1 saturated heterocycles. The van der Waals surface area contributed by atoms with Crippen LogP contribution in [0.1, 0.15) is 18.4 Å². The molecular weight excluding hydrogens is 272 g/mol. The highest BCUT2D eigenvalue weighted by molar-refractivity contribution is 7.99. The Labute approximate surface area is 124 Å². The second kappa shape index (κ2) is 7.55. The first-order valence-electron chi connectivity index (χ1n) is 7.02. The number of hydrogen-bond donors (Lipinski definition) is 1. The van der Waals surface area contributed by atoms with E-state index < -0.39 is 0 Å². The summed E-state index contributed by atoms with van der Waals surface area (Å²) >= 11 is 1.77. The number of amides is 1. The number of carbonyl (C=O) groups excluding carboxylic acids is 1. The van der Waals surface area contributed by atoms with Crippen molar-refractivity contribution in [3.8, 4) is 0 Å². The van der Waals surface area contributed by atoms with Crippen molar-refractivity contribution in [2.24, 2.45) is 0 Å². The molecule has 0 radical (unpaired) electrons. The molecule has 1 aliphatic rings. The molecule has 1 amide bonds. The summed E-state index contributed by atoms with van der Waals surface area (Å²) in [5.41, 5.74) is 7.85. The van der Waals surface area contributed by atoms with Crippen LogP contribution in [0.5, 0.6) is 0 Å². The zero-order valence-electron chi connectivity index (χ0n) is 11.9. The van der Waals surface area contributed by atoms with Crippen LogP contribution in [0.4, 0.5) is 5.69 Å². The Kier molecular flexibility index (Phi) is 5.73. The highest BCUT2D eigenvalue weighted by atomic mass is 32.2. The lowest BCUT2D eigenvalue weighted by Crippen LogP contribution is -2.40. The Morgan fingerprint density at radius 2 is 2.15 bits per heavy atom. The number of anilines is 1. The summed E-state index contributed by atoms with van der Waals surface area (Å²) in [4.78, 5) is 15.1. The molecule has 110 valence electrons. The Morgan fingerprint density at radius 3 is 2.90 bits per heavy atom. The van der Waals surface area contributed by atoms with Gasteiger partial charge in [0.2, 0.25) is 5.91 Å². The number of nitrogen functional groups attached to an aromatic ring is 1. The predicted molar refractivity (Wildman–Crippen MR) is 82.9 cm³/mol. The molecule has 5 heteroatoms. The van der Waals surface area contributed by atoms with Gasteiger partial charge in [-0.25, -0.2) is 0 Å². The number of ether oxygens (including phenoxy) is 1. The number of thioether (sulfide) groups is 1. The SMILES string of the molecule is Cc1c(N)cccc1SCCCC(=O)N1CCOCC1. The minimum Gasteiger partial charge on any atom is -0.398 e. The molecule has 1 heterocycles. The summed E-state index contributed by atoms with van der Waals surface area (Å²) in [6, 6.07) is 5.98. The Morgan fingerprint density at radius 1 is 1.40 bits per heavy atom. The maximum atomic E-state index is 12.0. The van der Waals surface area contributed by atoms with Crippen LogP contribution in [0.25, 0.3) is 0 Å². The molecule has 0 aliphatic carbocycles. The standard InChI is InChI=1S/C15H22N2O2S/c1-12-13(16)4-2-5-14(12)20-11-3-6-15(18)17-7-9-19-10-8-17/h2,4-5H,3,6-11,16H2,1H3. The van der Waals surface area contributed by atoms with Gasteiger partial charge in [-0.2, -0.15) is 0 Å². The van der Waals surface area contributed by atoms with Gasteiger partial charge in [0.25, 0.3) is 0 Å². The molecule has 4 nitrogen and oxygen atoms in total. The third-order valence-corrected chi connectivity index (χ3v) is 4.73. The van der Waals surface area contributed by atoms with E-state index in [0.29, 0.717) is 19.6 Å². The second-order valence-corrected chi connectivity index (χ2v) is 6.05. The van der Waals surface area contributed by atoms with Crippen molar-refractivity contribution in [3.63, 3.8) is 0 Å². The van der Waals surface area contributed by atoms with E-state index in [2.05, 4.69) is 6.07 Å². The van der Waals surface area contributed by atoms with Crippen molar-refractivity contribution < 1.29 is 9.53 Å². The molecule has 1 aliphatic heterocycles. The minimum atomic E-state index is 0.248. The number of carbonyl (C=O) groups is 1. The van der Waals surface area contributed by atoms with Crippen LogP contribution in [0.3, 0.4) is 0 Å². The van der Waals surface area contributed by atoms with Gasteiger partial charge in [-0.15, -0.1) is 11.8 Å². The van der Waals surface area contributed by atoms with Gasteiger partial charge in [0, 0.05) is 30.1 Å². The van der Waals surface area contributed by atoms with Crippen molar-refractivity contribution in [2.45, 2.75) is 24.7 Å². The van der Waals surface area contributed by atoms with Crippen LogP contribution in [-0.2, 0) is 9.53 Å². The van der Waals surface area contributed by atoms with Gasteiger partial charge >= 0.3 is 0 Å². The third kappa shape index (κ3) is 4.15. The molecule has 0 atom stereocenters. The highest BCUT2D eigenvalue weighted by Gasteiger charge is 2.16. The topological polar surface area (TPSA) is 55.6 Å². The van der Waals surface area contributed by atoms with Crippen LogP contribution >= 0.6 is 11.8 Å². The molecular formula is C15H22N2O2S. The fourth-order valence-corrected chi connectivity index (χ4v) is 3.18. The normalized spacial score (nSPS) is 15.3. The minimum absolute atomic E-state index is 0.248. The molecule has 0 bridgehead atoms. The first-order valence-corrected chi connectivity index (χ1v) is 8.00. The summed E-state index contributed by atoms with van der Waals surface area (Å²) in [6.07, 6.45) is 1.52. The van der Waals surface area contributed by atoms with Crippen molar-refractivity contribution >= 4 is 23.4 Å². The van der Waals surface area contributed by atoms with Crippen LogP contribution < -0.4 is 5.73 Å². The lowest BCUT2D eigenvalue weighted by molar-refractivity contribution is -0.135. The summed E-state index contributed by atoms with van der Waals surface area (Å²) in [5, 5.41) is 0. The van der Waals surface area contributed by atoms with Gasteiger partial charge < -0.3 is 15.4 Å². The number of rotatable bonds is 5. The second-order valence-electron chi connectivity index (χ2n) is 4.92. The maximum absolute atomic E-state index is 12.0. The molecule has 1 aromatic rings. The van der Waals surface area contributed by atoms with Gasteiger partial charge in [0.05, 0.1) is 13.2 Å². The van der Waals surface area contributed by atoms with E-state index >= 15 is 0 Å². The fraction of sp³-hybridized carbons (Fsp3) is 0.533. The van der Waals surface area contributed by atoms with E-state index in [1.54, 1.807) is 11.8 Å². The molecule has 20 heavy (non-hydrogen) atoms. The van der Waals surface area contributed by atoms with Crippen LogP contribution in [0.15, 0.2) is 23.1 Å². The summed E-state index contributed by atoms with van der Waals surface area (Å²) in [5.74, 6) is 1.19. The van der Waals surface area contributed by atoms with Gasteiger partial charge in [0.15, 0.2) is 0 Å². The highest BCUT2D eigenvalue weighted by Crippen LogP contribution is 2.26. The number of hydrogen-bond acceptors (Lipinski definition) is 4. The van der Waals surface area contributed by atoms with Crippen LogP contribution in [-0.4, -0.2) is 42.9 Å². The Hall–Kier alpha value is -1.20. The molecule has 0 unspecified atom stereocenters. The molecule has 0 saturated carbocycles. The summed E-state index contributed by atoms with van der Waals surface area (Å²) in [6.45, 7) is 4.85. The van der Waals surface area contributed by atoms with Crippen molar-refractivity contribution in [3.05, 3.63) is 23.8 Å². The van der Waals surface area contributed by atoms with E-state index in [4.69, 9.17) is 10.5 Å². The zero-order chi connectivity index (χ0) is 14.4. The van der Waals surface area contributed by atoms with Gasteiger partial charge in [-0.1, -0.05) is 6.07 Å². The van der Waals surface area contributed by atoms with E-state index in [-0.39, 0.29) is 5.91 Å². The number of nitrogens with zero attached hydrogens (tertiary/aromatic N) is 1. The third-order valence-electron chi connectivity index (χ3n) is 3.48. The van der Waals surface area contributed by atoms with Crippen LogP contribution in [0, 0.1) is 6.92 Å². The van der Waals surface area contributed by atoms with E-state index in [1.165, 1.54) is 4.90 Å². The van der Waals surface area contributed by atoms with Crippen LogP contribution in [0.2, 0.25) is 0 Å². The fourth-order valence-electron chi connectivity index (χ4n) is 2.16. The molecule has 1 aromatic carbocycles. The molecule has 0 aromatic heterocycles. The number of morpholine rings is 1. The average molecular weight is 294 g/mol. The summed E-state index contributed by atoms with van der Waals surface area (Å²) < 4.78 is 5.25.